The summed E-state index contributed by atoms with van der Waals surface area (Å²) in [6.07, 6.45) is 5.08. The smallest absolute Gasteiger partial charge is 1.00 e. The van der Waals surface area contributed by atoms with E-state index >= 15 is 0 Å². The van der Waals surface area contributed by atoms with Gasteiger partial charge in [-0.3, -0.25) is 0 Å². The van der Waals surface area contributed by atoms with Gasteiger partial charge in [0.2, 0.25) is 0 Å². The van der Waals surface area contributed by atoms with Gasteiger partial charge in [-0.05, 0) is 0 Å². The Kier molecular flexibility index (Phi) is 23.1. The second-order valence-corrected chi connectivity index (χ2v) is 7.24. The van der Waals surface area contributed by atoms with Crippen LogP contribution >= 0.6 is 0 Å². The second-order valence-electron chi connectivity index (χ2n) is 6.20. The fourth-order valence-electron chi connectivity index (χ4n) is 2.61. The van der Waals surface area contributed by atoms with Crippen LogP contribution in [-0.2, 0) is 20.4 Å². The van der Waals surface area contributed by atoms with Crippen molar-refractivity contribution in [2.75, 3.05) is 67.0 Å². The summed E-state index contributed by atoms with van der Waals surface area (Å²) in [5, 5.41) is 3.56. The number of rotatable bonds is 0. The Bertz CT molecular complexity index is 253. The monoisotopic (exact) mass is 422 g/mol. The van der Waals surface area contributed by atoms with Gasteiger partial charge in [-0.1, -0.05) is 0 Å². The van der Waals surface area contributed by atoms with Crippen molar-refractivity contribution in [3.8, 4) is 0 Å². The van der Waals surface area contributed by atoms with E-state index in [2.05, 4.69) is 61.6 Å². The minimum Gasteiger partial charge on any atom is -1.00 e. The summed E-state index contributed by atoms with van der Waals surface area (Å²) in [6.45, 7) is 8.39. The molecule has 1 N–H and O–H groups in total. The van der Waals surface area contributed by atoms with Crippen molar-refractivity contribution in [1.29, 1.82) is 0 Å². The average molecular weight is 424 g/mol. The third kappa shape index (κ3) is 15.4. The van der Waals surface area contributed by atoms with Gasteiger partial charge in [0.05, 0.1) is 0 Å². The van der Waals surface area contributed by atoms with E-state index in [4.69, 9.17) is 0 Å². The largest absolute Gasteiger partial charge is 1.00 e. The zero-order valence-electron chi connectivity index (χ0n) is 14.8. The predicted octanol–water partition coefficient (Wildman–Crippen LogP) is -8.17. The molecule has 0 aromatic carbocycles. The fraction of sp³-hybridized carbons (Fsp3) is 1.00. The maximum absolute atomic E-state index is 3.56. The molecule has 4 nitrogen and oxygen atoms in total. The van der Waals surface area contributed by atoms with Crippen LogP contribution in [0.1, 0.15) is 25.7 Å². The van der Waals surface area contributed by atoms with Crippen LogP contribution in [0.2, 0.25) is 0 Å². The van der Waals surface area contributed by atoms with Gasteiger partial charge in [-0.2, -0.15) is 0 Å². The fourth-order valence-corrected chi connectivity index (χ4v) is 3.01. The van der Waals surface area contributed by atoms with Crippen LogP contribution in [0.15, 0.2) is 0 Å². The molecular weight excluding hydrogens is 390 g/mol. The van der Waals surface area contributed by atoms with Crippen molar-refractivity contribution in [3.05, 3.63) is 0 Å². The molecule has 1 aliphatic rings. The summed E-state index contributed by atoms with van der Waals surface area (Å²) in [7, 11) is 6.78. The third-order valence-electron chi connectivity index (χ3n) is 4.15. The van der Waals surface area contributed by atoms with Gasteiger partial charge >= 0.3 is 137 Å². The molecule has 1 saturated heterocycles. The first kappa shape index (κ1) is 29.2. The second kappa shape index (κ2) is 18.2. The standard InChI is InChI=1S/C15H33N4.3ClH.Ti/c1-17-10-4-8-16-9-5-11-18(2)13-7-15-19(3)14-6-12-17;;;;/h14,16H,4-13,15H2,1-3H3;3*1H;/q;;;;+3/p-3. The Morgan fingerprint density at radius 2 is 1.22 bits per heavy atom. The maximum atomic E-state index is 3.56. The molecule has 0 radical (unpaired) electrons. The van der Waals surface area contributed by atoms with E-state index in [1.165, 1.54) is 58.4 Å². The maximum Gasteiger partial charge on any atom is -1.00 e. The molecule has 1 aliphatic heterocycles. The van der Waals surface area contributed by atoms with Crippen molar-refractivity contribution in [1.82, 2.24) is 20.0 Å². The average Bonchev–Trinajstić information content (AvgIpc) is 2.42. The van der Waals surface area contributed by atoms with Gasteiger partial charge in [0, 0.05) is 0 Å². The predicted molar refractivity (Wildman–Crippen MR) is 82.7 cm³/mol. The number of halogens is 3. The zero-order chi connectivity index (χ0) is 14.8. The van der Waals surface area contributed by atoms with Crippen LogP contribution in [0, 0.1) is 0 Å². The van der Waals surface area contributed by atoms with Crippen molar-refractivity contribution in [2.45, 2.75) is 30.0 Å². The van der Waals surface area contributed by atoms with E-state index < -0.39 is 0 Å². The van der Waals surface area contributed by atoms with Crippen LogP contribution in [0.3, 0.4) is 0 Å². The molecular formula is C15H33Cl3N4Ti. The van der Waals surface area contributed by atoms with Gasteiger partial charge < -0.3 is 37.2 Å². The minimum absolute atomic E-state index is 0. The Morgan fingerprint density at radius 3 is 1.78 bits per heavy atom. The first-order valence-electron chi connectivity index (χ1n) is 8.09. The Labute approximate surface area is 174 Å². The van der Waals surface area contributed by atoms with Crippen molar-refractivity contribution in [3.63, 3.8) is 0 Å². The Hall–Kier alpha value is 1.42. The van der Waals surface area contributed by atoms with E-state index in [-0.39, 0.29) is 37.2 Å². The van der Waals surface area contributed by atoms with Crippen LogP contribution in [0.5, 0.6) is 0 Å². The van der Waals surface area contributed by atoms with Crippen LogP contribution in [0.25, 0.3) is 0 Å². The van der Waals surface area contributed by atoms with E-state index in [0.717, 1.165) is 13.1 Å². The van der Waals surface area contributed by atoms with Gasteiger partial charge in [0.25, 0.3) is 0 Å². The molecule has 1 unspecified atom stereocenters. The molecule has 1 atom stereocenters. The first-order chi connectivity index (χ1) is 9.59. The molecule has 23 heavy (non-hydrogen) atoms. The quantitative estimate of drug-likeness (QED) is 0.391. The molecule has 138 valence electrons. The summed E-state index contributed by atoms with van der Waals surface area (Å²) in [4.78, 5) is 7.47. The first-order valence-corrected chi connectivity index (χ1v) is 8.99. The van der Waals surface area contributed by atoms with Crippen molar-refractivity contribution in [2.24, 2.45) is 0 Å². The van der Waals surface area contributed by atoms with E-state index in [0.29, 0.717) is 4.35 Å². The summed E-state index contributed by atoms with van der Waals surface area (Å²) < 4.78 is 0.689. The van der Waals surface area contributed by atoms with Gasteiger partial charge in [0.1, 0.15) is 0 Å². The summed E-state index contributed by atoms with van der Waals surface area (Å²) >= 11 is 2.36. The number of hydrogen-bond acceptors (Lipinski definition) is 4. The topological polar surface area (TPSA) is 21.8 Å². The minimum atomic E-state index is 0. The molecule has 0 aromatic rings. The molecule has 0 amide bonds. The Balaban J connectivity index is -0.00000133. The zero-order valence-corrected chi connectivity index (χ0v) is 18.7. The normalized spacial score (nSPS) is 24.8. The van der Waals surface area contributed by atoms with Gasteiger partial charge in [0.15, 0.2) is 0 Å². The summed E-state index contributed by atoms with van der Waals surface area (Å²) in [5.74, 6) is 0. The molecule has 1 heterocycles. The van der Waals surface area contributed by atoms with Crippen LogP contribution in [-0.4, -0.2) is 86.0 Å². The molecule has 0 saturated carbocycles. The summed E-state index contributed by atoms with van der Waals surface area (Å²) in [6, 6.07) is 0. The molecule has 0 aliphatic carbocycles. The number of hydrogen-bond donors (Lipinski definition) is 1. The molecule has 0 spiro atoms. The number of nitrogens with zero attached hydrogens (tertiary/aromatic N) is 3. The molecule has 1 rings (SSSR count). The van der Waals surface area contributed by atoms with Gasteiger partial charge in [-0.15, -0.1) is 0 Å². The molecule has 0 bridgehead atoms. The van der Waals surface area contributed by atoms with E-state index in [1.54, 1.807) is 0 Å². The van der Waals surface area contributed by atoms with E-state index in [1.807, 2.05) is 0 Å². The molecule has 8 heteroatoms. The molecule has 0 aromatic heterocycles. The number of nitrogens with one attached hydrogen (secondary N) is 1. The Morgan fingerprint density at radius 1 is 0.739 bits per heavy atom. The van der Waals surface area contributed by atoms with Crippen molar-refractivity contribution < 1.29 is 57.7 Å². The van der Waals surface area contributed by atoms with Crippen LogP contribution in [0.4, 0.5) is 0 Å². The SMILES string of the molecule is CN1CCCNCCCN(C)CC[CH]([Ti+3])N(C)CCC1.[Cl-].[Cl-].[Cl-]. The van der Waals surface area contributed by atoms with Crippen molar-refractivity contribution >= 4 is 0 Å². The van der Waals surface area contributed by atoms with Crippen LogP contribution < -0.4 is 42.5 Å². The third-order valence-corrected chi connectivity index (χ3v) is 5.29. The summed E-state index contributed by atoms with van der Waals surface area (Å²) in [5.41, 5.74) is 0. The van der Waals surface area contributed by atoms with E-state index in [9.17, 15) is 0 Å². The molecule has 1 fully saturated rings. The van der Waals surface area contributed by atoms with Gasteiger partial charge in [-0.25, -0.2) is 0 Å².